The number of fused-ring (bicyclic) bond motifs is 1. The molecule has 5 aromatic rings. The number of hydrogen-bond donors (Lipinski definition) is 0. The molecule has 0 N–H and O–H groups in total. The van der Waals surface area contributed by atoms with Gasteiger partial charge in [-0.05, 0) is 50.2 Å². The van der Waals surface area contributed by atoms with Gasteiger partial charge >= 0.3 is 6.18 Å². The van der Waals surface area contributed by atoms with Gasteiger partial charge < -0.3 is 4.57 Å². The number of alkyl halides is 3. The number of aryl methyl sites for hydroxylation is 1. The summed E-state index contributed by atoms with van der Waals surface area (Å²) in [5, 5.41) is 15.9. The Labute approximate surface area is 227 Å². The van der Waals surface area contributed by atoms with Crippen molar-refractivity contribution in [3.63, 3.8) is 0 Å². The molecule has 0 amide bonds. The van der Waals surface area contributed by atoms with Crippen LogP contribution in [0.3, 0.4) is 0 Å². The number of benzene rings is 2. The largest absolute Gasteiger partial charge is 0.416 e. The molecular weight excluding hydrogens is 551 g/mol. The van der Waals surface area contributed by atoms with E-state index >= 15 is 0 Å². The summed E-state index contributed by atoms with van der Waals surface area (Å²) in [6, 6.07) is 14.8. The van der Waals surface area contributed by atoms with Gasteiger partial charge in [-0.1, -0.05) is 30.0 Å². The lowest BCUT2D eigenvalue weighted by molar-refractivity contribution is -0.387. The molecule has 0 atom stereocenters. The van der Waals surface area contributed by atoms with Crippen LogP contribution < -0.4 is 5.56 Å². The summed E-state index contributed by atoms with van der Waals surface area (Å²) >= 11 is 2.42. The molecule has 0 bridgehead atoms. The van der Waals surface area contributed by atoms with Crippen LogP contribution in [0.15, 0.2) is 86.0 Å². The molecule has 3 heterocycles. The molecule has 2 aromatic carbocycles. The van der Waals surface area contributed by atoms with E-state index in [4.69, 9.17) is 0 Å². The summed E-state index contributed by atoms with van der Waals surface area (Å²) in [6.07, 6.45) is -1.72. The predicted molar refractivity (Wildman–Crippen MR) is 144 cm³/mol. The summed E-state index contributed by atoms with van der Waals surface area (Å²) in [4.78, 5) is 29.2. The fraction of sp³-hybridized carbons (Fsp3) is 0.115. The van der Waals surface area contributed by atoms with Crippen molar-refractivity contribution in [1.82, 2.24) is 14.2 Å². The second kappa shape index (κ2) is 10.2. The molecule has 0 aliphatic rings. The van der Waals surface area contributed by atoms with Gasteiger partial charge in [0.15, 0.2) is 0 Å². The Kier molecular flexibility index (Phi) is 6.87. The highest BCUT2D eigenvalue weighted by Gasteiger charge is 2.30. The number of nitrogens with zero attached hydrogens (tertiary/aromatic N) is 5. The van der Waals surface area contributed by atoms with Gasteiger partial charge in [0, 0.05) is 28.7 Å². The normalized spacial score (nSPS) is 12.0. The van der Waals surface area contributed by atoms with Crippen LogP contribution in [0.25, 0.3) is 15.9 Å². The van der Waals surface area contributed by atoms with Crippen molar-refractivity contribution in [3.8, 4) is 5.69 Å². The van der Waals surface area contributed by atoms with Crippen LogP contribution in [0.5, 0.6) is 0 Å². The predicted octanol–water partition coefficient (Wildman–Crippen LogP) is 6.83. The van der Waals surface area contributed by atoms with Gasteiger partial charge in [-0.25, -0.2) is 4.98 Å². The number of rotatable bonds is 6. The van der Waals surface area contributed by atoms with Gasteiger partial charge in [0.2, 0.25) is 0 Å². The van der Waals surface area contributed by atoms with Gasteiger partial charge in [0.1, 0.15) is 11.2 Å². The number of nitro benzene ring substituents is 1. The first kappa shape index (κ1) is 26.4. The number of hydrogen-bond acceptors (Lipinski definition) is 7. The highest BCUT2D eigenvalue weighted by Crippen LogP contribution is 2.39. The summed E-state index contributed by atoms with van der Waals surface area (Å²) in [5.41, 5.74) is 1.13. The average Bonchev–Trinajstić information content (AvgIpc) is 3.43. The SMILES string of the molecule is Cc1cc(/C=N\n2cnc3sc(Sc4ccccc4[N+](=O)[O-])cc3c2=O)c(C)n1-c1cccc(C(F)(F)F)c1. The Morgan fingerprint density at radius 3 is 2.62 bits per heavy atom. The second-order valence-electron chi connectivity index (χ2n) is 8.46. The summed E-state index contributed by atoms with van der Waals surface area (Å²) in [5.74, 6) is 0. The lowest BCUT2D eigenvalue weighted by Gasteiger charge is -2.13. The van der Waals surface area contributed by atoms with Gasteiger partial charge in [-0.15, -0.1) is 11.3 Å². The molecule has 39 heavy (non-hydrogen) atoms. The maximum Gasteiger partial charge on any atom is 0.416 e. The fourth-order valence-electron chi connectivity index (χ4n) is 4.09. The Morgan fingerprint density at radius 2 is 1.87 bits per heavy atom. The third-order valence-electron chi connectivity index (χ3n) is 5.91. The van der Waals surface area contributed by atoms with E-state index in [0.29, 0.717) is 42.0 Å². The lowest BCUT2D eigenvalue weighted by Crippen LogP contribution is -2.16. The van der Waals surface area contributed by atoms with E-state index in [2.05, 4.69) is 10.1 Å². The zero-order valence-electron chi connectivity index (χ0n) is 20.3. The van der Waals surface area contributed by atoms with Gasteiger partial charge in [0.05, 0.1) is 31.2 Å². The third-order valence-corrected chi connectivity index (χ3v) is 8.13. The van der Waals surface area contributed by atoms with Crippen molar-refractivity contribution in [1.29, 1.82) is 0 Å². The Morgan fingerprint density at radius 1 is 1.10 bits per heavy atom. The molecule has 0 saturated carbocycles. The van der Waals surface area contributed by atoms with Crippen LogP contribution >= 0.6 is 23.1 Å². The molecule has 0 saturated heterocycles. The fourth-order valence-corrected chi connectivity index (χ4v) is 6.27. The standard InChI is InChI=1S/C26H18F3N5O3S2/c1-15-10-17(16(2)33(15)19-7-5-6-18(11-19)26(27,28)29)13-31-32-14-30-24-20(25(32)35)12-23(39-24)38-22-9-4-3-8-21(22)34(36)37/h3-14H,1-2H3/b31-13-. The molecule has 198 valence electrons. The smallest absolute Gasteiger partial charge is 0.318 e. The van der Waals surface area contributed by atoms with Crippen molar-refractivity contribution in [2.45, 2.75) is 29.1 Å². The minimum atomic E-state index is -4.46. The van der Waals surface area contributed by atoms with Crippen molar-refractivity contribution in [3.05, 3.63) is 110 Å². The van der Waals surface area contributed by atoms with E-state index in [1.54, 1.807) is 54.8 Å². The lowest BCUT2D eigenvalue weighted by atomic mass is 10.2. The maximum atomic E-state index is 13.2. The maximum absolute atomic E-state index is 13.2. The van der Waals surface area contributed by atoms with E-state index < -0.39 is 22.2 Å². The minimum Gasteiger partial charge on any atom is -0.318 e. The zero-order valence-corrected chi connectivity index (χ0v) is 22.0. The zero-order chi connectivity index (χ0) is 27.9. The topological polar surface area (TPSA) is 95.3 Å². The number of nitro groups is 1. The van der Waals surface area contributed by atoms with Crippen LogP contribution in [0.1, 0.15) is 22.5 Å². The van der Waals surface area contributed by atoms with Crippen molar-refractivity contribution >= 4 is 45.2 Å². The van der Waals surface area contributed by atoms with Gasteiger partial charge in [-0.2, -0.15) is 22.9 Å². The molecule has 0 aliphatic carbocycles. The van der Waals surface area contributed by atoms with Crippen LogP contribution in [0.4, 0.5) is 18.9 Å². The number of halogens is 3. The number of para-hydroxylation sites is 1. The molecule has 0 spiro atoms. The van der Waals surface area contributed by atoms with Gasteiger partial charge in [0.25, 0.3) is 11.2 Å². The van der Waals surface area contributed by atoms with Crippen LogP contribution in [0.2, 0.25) is 0 Å². The van der Waals surface area contributed by atoms with E-state index in [0.717, 1.165) is 16.8 Å². The summed E-state index contributed by atoms with van der Waals surface area (Å²) < 4.78 is 43.1. The second-order valence-corrected chi connectivity index (χ2v) is 10.8. The molecule has 5 rings (SSSR count). The Balaban J connectivity index is 1.45. The minimum absolute atomic E-state index is 0.0299. The van der Waals surface area contributed by atoms with Crippen LogP contribution in [0, 0.1) is 24.0 Å². The monoisotopic (exact) mass is 569 g/mol. The first-order valence-corrected chi connectivity index (χ1v) is 13.0. The molecule has 13 heteroatoms. The van der Waals surface area contributed by atoms with Gasteiger partial charge in [-0.3, -0.25) is 14.9 Å². The van der Waals surface area contributed by atoms with E-state index in [9.17, 15) is 28.1 Å². The third kappa shape index (κ3) is 5.22. The molecule has 3 aromatic heterocycles. The van der Waals surface area contributed by atoms with Crippen molar-refractivity contribution in [2.75, 3.05) is 0 Å². The summed E-state index contributed by atoms with van der Waals surface area (Å²) in [7, 11) is 0. The number of aromatic nitrogens is 3. The molecule has 0 unspecified atom stereocenters. The molecule has 0 aliphatic heterocycles. The molecular formula is C26H18F3N5O3S2. The van der Waals surface area contributed by atoms with Crippen LogP contribution in [-0.4, -0.2) is 25.4 Å². The van der Waals surface area contributed by atoms with E-state index in [1.165, 1.54) is 47.8 Å². The molecule has 0 radical (unpaired) electrons. The Bertz CT molecular complexity index is 1820. The van der Waals surface area contributed by atoms with E-state index in [1.807, 2.05) is 0 Å². The summed E-state index contributed by atoms with van der Waals surface area (Å²) in [6.45, 7) is 3.52. The molecule has 0 fully saturated rings. The highest BCUT2D eigenvalue weighted by molar-refractivity contribution is 8.01. The van der Waals surface area contributed by atoms with Crippen molar-refractivity contribution in [2.24, 2.45) is 5.10 Å². The first-order valence-electron chi connectivity index (χ1n) is 11.4. The van der Waals surface area contributed by atoms with Crippen molar-refractivity contribution < 1.29 is 18.1 Å². The van der Waals surface area contributed by atoms with E-state index in [-0.39, 0.29) is 5.69 Å². The molecule has 8 nitrogen and oxygen atoms in total. The quantitative estimate of drug-likeness (QED) is 0.127. The van der Waals surface area contributed by atoms with Crippen LogP contribution in [-0.2, 0) is 6.18 Å². The highest BCUT2D eigenvalue weighted by atomic mass is 32.2. The average molecular weight is 570 g/mol. The first-order chi connectivity index (χ1) is 18.5. The number of thiophene rings is 1. The Hall–Kier alpha value is -4.23.